The van der Waals surface area contributed by atoms with E-state index in [2.05, 4.69) is 0 Å². The maximum absolute atomic E-state index is 13.0. The summed E-state index contributed by atoms with van der Waals surface area (Å²) in [4.78, 5) is 0. The molecule has 17 heavy (non-hydrogen) atoms. The van der Waals surface area contributed by atoms with E-state index >= 15 is 0 Å². The van der Waals surface area contributed by atoms with E-state index in [0.29, 0.717) is 0 Å². The van der Waals surface area contributed by atoms with Gasteiger partial charge in [-0.1, -0.05) is 35.9 Å². The Balaban J connectivity index is 2.36. The minimum atomic E-state index is -0.226. The van der Waals surface area contributed by atoms with Crippen molar-refractivity contribution in [3.63, 3.8) is 0 Å². The zero-order valence-electron chi connectivity index (χ0n) is 9.87. The van der Waals surface area contributed by atoms with Gasteiger partial charge in [-0.2, -0.15) is 0 Å². The highest BCUT2D eigenvalue weighted by Crippen LogP contribution is 2.31. The lowest BCUT2D eigenvalue weighted by molar-refractivity contribution is 0.625. The predicted octanol–water partition coefficient (Wildman–Crippen LogP) is 4.77. The van der Waals surface area contributed by atoms with Crippen LogP contribution in [0.1, 0.15) is 27.6 Å². The Hall–Kier alpha value is -1.34. The van der Waals surface area contributed by atoms with E-state index in [4.69, 9.17) is 11.6 Å². The third-order valence-corrected chi connectivity index (χ3v) is 3.36. The maximum Gasteiger partial charge on any atom is 0.123 e. The fourth-order valence-electron chi connectivity index (χ4n) is 1.84. The van der Waals surface area contributed by atoms with Crippen molar-refractivity contribution in [3.8, 4) is 0 Å². The Kier molecular flexibility index (Phi) is 3.49. The molecule has 2 rings (SSSR count). The number of aryl methyl sites for hydroxylation is 2. The first-order valence-corrected chi connectivity index (χ1v) is 5.98. The van der Waals surface area contributed by atoms with E-state index in [9.17, 15) is 4.39 Å². The average molecular weight is 249 g/mol. The smallest absolute Gasteiger partial charge is 0.123 e. The second-order valence-electron chi connectivity index (χ2n) is 4.27. The zero-order valence-corrected chi connectivity index (χ0v) is 10.6. The van der Waals surface area contributed by atoms with Crippen LogP contribution < -0.4 is 0 Å². The Morgan fingerprint density at radius 1 is 1.00 bits per heavy atom. The molecule has 88 valence electrons. The molecule has 0 nitrogen and oxygen atoms in total. The molecule has 0 heterocycles. The summed E-state index contributed by atoms with van der Waals surface area (Å²) in [7, 11) is 0. The summed E-state index contributed by atoms with van der Waals surface area (Å²) < 4.78 is 13.0. The predicted molar refractivity (Wildman–Crippen MR) is 70.0 cm³/mol. The van der Waals surface area contributed by atoms with Crippen molar-refractivity contribution in [2.24, 2.45) is 0 Å². The van der Waals surface area contributed by atoms with E-state index in [-0.39, 0.29) is 11.2 Å². The molecule has 0 amide bonds. The van der Waals surface area contributed by atoms with Crippen molar-refractivity contribution < 1.29 is 4.39 Å². The van der Waals surface area contributed by atoms with Crippen LogP contribution >= 0.6 is 11.6 Å². The van der Waals surface area contributed by atoms with Gasteiger partial charge in [0, 0.05) is 0 Å². The molecule has 1 atom stereocenters. The first-order chi connectivity index (χ1) is 8.08. The second-order valence-corrected chi connectivity index (χ2v) is 4.71. The van der Waals surface area contributed by atoms with Crippen molar-refractivity contribution >= 4 is 11.6 Å². The summed E-state index contributed by atoms with van der Waals surface area (Å²) in [5, 5.41) is -0.226. The largest absolute Gasteiger partial charge is 0.207 e. The van der Waals surface area contributed by atoms with Gasteiger partial charge in [-0.3, -0.25) is 0 Å². The molecule has 0 saturated heterocycles. The highest BCUT2D eigenvalue weighted by molar-refractivity contribution is 6.22. The van der Waals surface area contributed by atoms with Gasteiger partial charge in [0.2, 0.25) is 0 Å². The number of halogens is 2. The quantitative estimate of drug-likeness (QED) is 0.672. The molecular formula is C15H14ClF. The lowest BCUT2D eigenvalue weighted by atomic mass is 9.99. The molecule has 0 aliphatic rings. The van der Waals surface area contributed by atoms with Crippen LogP contribution in [0.25, 0.3) is 0 Å². The number of alkyl halides is 1. The van der Waals surface area contributed by atoms with E-state index in [1.807, 2.05) is 38.1 Å². The lowest BCUT2D eigenvalue weighted by Crippen LogP contribution is -1.97. The second kappa shape index (κ2) is 4.89. The number of benzene rings is 2. The van der Waals surface area contributed by atoms with Crippen molar-refractivity contribution in [2.45, 2.75) is 19.2 Å². The van der Waals surface area contributed by atoms with Crippen LogP contribution in [0.3, 0.4) is 0 Å². The topological polar surface area (TPSA) is 0 Å². The Bertz CT molecular complexity index is 517. The standard InChI is InChI=1S/C15H14ClF/c1-10-3-5-12(6-4-10)15(16)14-8-7-13(17)9-11(14)2/h3-9,15H,1-2H3. The molecule has 0 aliphatic carbocycles. The molecule has 2 aromatic carbocycles. The SMILES string of the molecule is Cc1ccc(C(Cl)c2ccc(F)cc2C)cc1. The molecule has 0 saturated carbocycles. The normalized spacial score (nSPS) is 12.5. The summed E-state index contributed by atoms with van der Waals surface area (Å²) in [6.07, 6.45) is 0. The zero-order chi connectivity index (χ0) is 12.4. The van der Waals surface area contributed by atoms with Crippen LogP contribution in [0, 0.1) is 19.7 Å². The van der Waals surface area contributed by atoms with Gasteiger partial charge < -0.3 is 0 Å². The molecule has 2 heteroatoms. The highest BCUT2D eigenvalue weighted by atomic mass is 35.5. The highest BCUT2D eigenvalue weighted by Gasteiger charge is 2.13. The molecule has 0 fully saturated rings. The van der Waals surface area contributed by atoms with E-state index in [0.717, 1.165) is 16.7 Å². The maximum atomic E-state index is 13.0. The lowest BCUT2D eigenvalue weighted by Gasteiger charge is -2.13. The number of rotatable bonds is 2. The number of hydrogen-bond donors (Lipinski definition) is 0. The number of hydrogen-bond acceptors (Lipinski definition) is 0. The van der Waals surface area contributed by atoms with Crippen LogP contribution in [0.4, 0.5) is 4.39 Å². The molecular weight excluding hydrogens is 235 g/mol. The third kappa shape index (κ3) is 2.67. The molecule has 0 bridgehead atoms. The van der Waals surface area contributed by atoms with Gasteiger partial charge in [0.15, 0.2) is 0 Å². The van der Waals surface area contributed by atoms with Gasteiger partial charge in [-0.15, -0.1) is 11.6 Å². The van der Waals surface area contributed by atoms with Crippen LogP contribution in [-0.2, 0) is 0 Å². The van der Waals surface area contributed by atoms with E-state index in [1.54, 1.807) is 6.07 Å². The van der Waals surface area contributed by atoms with Gasteiger partial charge in [-0.25, -0.2) is 4.39 Å². The van der Waals surface area contributed by atoms with E-state index < -0.39 is 0 Å². The fraction of sp³-hybridized carbons (Fsp3) is 0.200. The molecule has 2 aromatic rings. The van der Waals surface area contributed by atoms with Gasteiger partial charge in [0.05, 0.1) is 5.38 Å². The minimum absolute atomic E-state index is 0.223. The third-order valence-electron chi connectivity index (χ3n) is 2.87. The molecule has 0 radical (unpaired) electrons. The van der Waals surface area contributed by atoms with Crippen LogP contribution in [0.5, 0.6) is 0 Å². The molecule has 1 unspecified atom stereocenters. The van der Waals surface area contributed by atoms with Crippen molar-refractivity contribution in [3.05, 3.63) is 70.5 Å². The van der Waals surface area contributed by atoms with E-state index in [1.165, 1.54) is 17.7 Å². The summed E-state index contributed by atoms with van der Waals surface area (Å²) in [5.41, 5.74) is 4.07. The van der Waals surface area contributed by atoms with Crippen LogP contribution in [-0.4, -0.2) is 0 Å². The Labute approximate surface area is 106 Å². The first kappa shape index (κ1) is 12.1. The van der Waals surface area contributed by atoms with Gasteiger partial charge in [0.25, 0.3) is 0 Å². The molecule has 0 aliphatic heterocycles. The first-order valence-electron chi connectivity index (χ1n) is 5.54. The van der Waals surface area contributed by atoms with Crippen molar-refractivity contribution in [1.82, 2.24) is 0 Å². The van der Waals surface area contributed by atoms with Crippen LogP contribution in [0.2, 0.25) is 0 Å². The summed E-state index contributed by atoms with van der Waals surface area (Å²) in [6.45, 7) is 3.91. The van der Waals surface area contributed by atoms with Crippen LogP contribution in [0.15, 0.2) is 42.5 Å². The van der Waals surface area contributed by atoms with Gasteiger partial charge in [0.1, 0.15) is 5.82 Å². The summed E-state index contributed by atoms with van der Waals surface area (Å²) in [5.74, 6) is -0.223. The minimum Gasteiger partial charge on any atom is -0.207 e. The van der Waals surface area contributed by atoms with Crippen molar-refractivity contribution in [1.29, 1.82) is 0 Å². The monoisotopic (exact) mass is 248 g/mol. The Morgan fingerprint density at radius 3 is 2.24 bits per heavy atom. The molecule has 0 N–H and O–H groups in total. The summed E-state index contributed by atoms with van der Waals surface area (Å²) in [6, 6.07) is 12.8. The average Bonchev–Trinajstić information content (AvgIpc) is 2.29. The van der Waals surface area contributed by atoms with Gasteiger partial charge >= 0.3 is 0 Å². The van der Waals surface area contributed by atoms with Gasteiger partial charge in [-0.05, 0) is 42.7 Å². The van der Waals surface area contributed by atoms with Crippen molar-refractivity contribution in [2.75, 3.05) is 0 Å². The fourth-order valence-corrected chi connectivity index (χ4v) is 2.23. The molecule has 0 aromatic heterocycles. The molecule has 0 spiro atoms. The Morgan fingerprint density at radius 2 is 1.65 bits per heavy atom. The summed E-state index contributed by atoms with van der Waals surface area (Å²) >= 11 is 6.42.